The van der Waals surface area contributed by atoms with Crippen molar-refractivity contribution in [3.8, 4) is 0 Å². The SMILES string of the molecule is CCNC(Cc1ccc(F)cc1Br)c1cccc(C)c1. The fraction of sp³-hybridized carbons (Fsp3) is 0.294. The maximum Gasteiger partial charge on any atom is 0.124 e. The number of halogens is 2. The first-order valence-corrected chi connectivity index (χ1v) is 7.63. The van der Waals surface area contributed by atoms with Gasteiger partial charge in [-0.1, -0.05) is 58.7 Å². The van der Waals surface area contributed by atoms with Gasteiger partial charge in [-0.3, -0.25) is 0 Å². The third-order valence-electron chi connectivity index (χ3n) is 3.33. The lowest BCUT2D eigenvalue weighted by atomic mass is 9.97. The normalized spacial score (nSPS) is 12.4. The highest BCUT2D eigenvalue weighted by atomic mass is 79.9. The van der Waals surface area contributed by atoms with Gasteiger partial charge >= 0.3 is 0 Å². The van der Waals surface area contributed by atoms with Crippen LogP contribution in [0.4, 0.5) is 4.39 Å². The Kier molecular flexibility index (Phi) is 5.32. The Morgan fingerprint density at radius 3 is 2.65 bits per heavy atom. The summed E-state index contributed by atoms with van der Waals surface area (Å²) in [7, 11) is 0. The molecule has 0 heterocycles. The molecule has 0 saturated carbocycles. The molecule has 0 fully saturated rings. The summed E-state index contributed by atoms with van der Waals surface area (Å²) in [5, 5.41) is 3.50. The van der Waals surface area contributed by atoms with Crippen molar-refractivity contribution >= 4 is 15.9 Å². The van der Waals surface area contributed by atoms with E-state index in [0.717, 1.165) is 23.0 Å². The van der Waals surface area contributed by atoms with Crippen LogP contribution < -0.4 is 5.32 Å². The molecule has 2 aromatic carbocycles. The monoisotopic (exact) mass is 335 g/mol. The van der Waals surface area contributed by atoms with E-state index in [-0.39, 0.29) is 11.9 Å². The molecule has 0 aliphatic rings. The molecular weight excluding hydrogens is 317 g/mol. The minimum Gasteiger partial charge on any atom is -0.310 e. The summed E-state index contributed by atoms with van der Waals surface area (Å²) in [4.78, 5) is 0. The molecule has 0 aliphatic heterocycles. The molecule has 1 N–H and O–H groups in total. The lowest BCUT2D eigenvalue weighted by Gasteiger charge is -2.20. The summed E-state index contributed by atoms with van der Waals surface area (Å²) in [6.07, 6.45) is 0.832. The van der Waals surface area contributed by atoms with Crippen LogP contribution in [0, 0.1) is 12.7 Å². The van der Waals surface area contributed by atoms with Crippen molar-refractivity contribution < 1.29 is 4.39 Å². The van der Waals surface area contributed by atoms with Crippen LogP contribution >= 0.6 is 15.9 Å². The van der Waals surface area contributed by atoms with Gasteiger partial charge in [-0.2, -0.15) is 0 Å². The molecule has 0 amide bonds. The van der Waals surface area contributed by atoms with Gasteiger partial charge in [0.15, 0.2) is 0 Å². The van der Waals surface area contributed by atoms with Gasteiger partial charge in [0.05, 0.1) is 0 Å². The maximum atomic E-state index is 13.2. The van der Waals surface area contributed by atoms with Crippen LogP contribution in [0.2, 0.25) is 0 Å². The molecule has 1 unspecified atom stereocenters. The highest BCUT2D eigenvalue weighted by Gasteiger charge is 2.13. The second-order valence-corrected chi connectivity index (χ2v) is 5.82. The maximum absolute atomic E-state index is 13.2. The number of benzene rings is 2. The lowest BCUT2D eigenvalue weighted by molar-refractivity contribution is 0.547. The van der Waals surface area contributed by atoms with Crippen molar-refractivity contribution in [3.05, 3.63) is 69.4 Å². The first-order chi connectivity index (χ1) is 9.60. The van der Waals surface area contributed by atoms with Gasteiger partial charge in [0.2, 0.25) is 0 Å². The van der Waals surface area contributed by atoms with E-state index in [9.17, 15) is 4.39 Å². The van der Waals surface area contributed by atoms with E-state index in [4.69, 9.17) is 0 Å². The fourth-order valence-corrected chi connectivity index (χ4v) is 2.86. The number of hydrogen-bond donors (Lipinski definition) is 1. The minimum atomic E-state index is -0.212. The van der Waals surface area contributed by atoms with Crippen LogP contribution in [0.15, 0.2) is 46.9 Å². The Balaban J connectivity index is 2.25. The standard InChI is InChI=1S/C17H19BrFN/c1-3-20-17(14-6-4-5-12(2)9-14)10-13-7-8-15(19)11-16(13)18/h4-9,11,17,20H,3,10H2,1-2H3. The molecule has 1 atom stereocenters. The number of aryl methyl sites for hydroxylation is 1. The second-order valence-electron chi connectivity index (χ2n) is 4.96. The van der Waals surface area contributed by atoms with Crippen LogP contribution in [0.5, 0.6) is 0 Å². The third kappa shape index (κ3) is 3.90. The molecule has 0 bridgehead atoms. The summed E-state index contributed by atoms with van der Waals surface area (Å²) < 4.78 is 14.0. The molecule has 1 nitrogen and oxygen atoms in total. The number of likely N-dealkylation sites (N-methyl/N-ethyl adjacent to an activating group) is 1. The Morgan fingerprint density at radius 1 is 1.20 bits per heavy atom. The van der Waals surface area contributed by atoms with Gasteiger partial charge in [-0.05, 0) is 43.1 Å². The van der Waals surface area contributed by atoms with Gasteiger partial charge in [0, 0.05) is 10.5 Å². The van der Waals surface area contributed by atoms with E-state index in [0.29, 0.717) is 0 Å². The first-order valence-electron chi connectivity index (χ1n) is 6.84. The fourth-order valence-electron chi connectivity index (χ4n) is 2.35. The average molecular weight is 336 g/mol. The van der Waals surface area contributed by atoms with Gasteiger partial charge in [-0.15, -0.1) is 0 Å². The molecule has 0 aromatic heterocycles. The Morgan fingerprint density at radius 2 is 2.00 bits per heavy atom. The molecule has 0 radical (unpaired) electrons. The van der Waals surface area contributed by atoms with Crippen LogP contribution in [0.3, 0.4) is 0 Å². The molecule has 0 spiro atoms. The zero-order valence-electron chi connectivity index (χ0n) is 11.8. The zero-order chi connectivity index (χ0) is 14.5. The van der Waals surface area contributed by atoms with Gasteiger partial charge in [0.1, 0.15) is 5.82 Å². The zero-order valence-corrected chi connectivity index (χ0v) is 13.4. The minimum absolute atomic E-state index is 0.212. The number of nitrogens with one attached hydrogen (secondary N) is 1. The van der Waals surface area contributed by atoms with Crippen molar-refractivity contribution in [2.75, 3.05) is 6.54 Å². The summed E-state index contributed by atoms with van der Waals surface area (Å²) >= 11 is 3.45. The van der Waals surface area contributed by atoms with E-state index in [1.165, 1.54) is 23.3 Å². The van der Waals surface area contributed by atoms with Crippen molar-refractivity contribution in [2.24, 2.45) is 0 Å². The highest BCUT2D eigenvalue weighted by Crippen LogP contribution is 2.25. The van der Waals surface area contributed by atoms with Crippen molar-refractivity contribution in [2.45, 2.75) is 26.3 Å². The van der Waals surface area contributed by atoms with Crippen LogP contribution in [0.1, 0.15) is 29.7 Å². The van der Waals surface area contributed by atoms with Crippen LogP contribution in [-0.2, 0) is 6.42 Å². The van der Waals surface area contributed by atoms with E-state index >= 15 is 0 Å². The average Bonchev–Trinajstić information content (AvgIpc) is 2.41. The third-order valence-corrected chi connectivity index (χ3v) is 4.07. The Labute approximate surface area is 128 Å². The first kappa shape index (κ1) is 15.2. The summed E-state index contributed by atoms with van der Waals surface area (Å²) in [5.41, 5.74) is 3.63. The van der Waals surface area contributed by atoms with E-state index in [1.807, 2.05) is 6.07 Å². The van der Waals surface area contributed by atoms with Gasteiger partial charge in [-0.25, -0.2) is 4.39 Å². The highest BCUT2D eigenvalue weighted by molar-refractivity contribution is 9.10. The largest absolute Gasteiger partial charge is 0.310 e. The van der Waals surface area contributed by atoms with Crippen LogP contribution in [-0.4, -0.2) is 6.54 Å². The smallest absolute Gasteiger partial charge is 0.124 e. The predicted molar refractivity (Wildman–Crippen MR) is 85.4 cm³/mol. The second kappa shape index (κ2) is 7.00. The van der Waals surface area contributed by atoms with Crippen molar-refractivity contribution in [1.82, 2.24) is 5.32 Å². The number of rotatable bonds is 5. The topological polar surface area (TPSA) is 12.0 Å². The van der Waals surface area contributed by atoms with Crippen molar-refractivity contribution in [3.63, 3.8) is 0 Å². The summed E-state index contributed by atoms with van der Waals surface area (Å²) in [6.45, 7) is 5.10. The molecule has 20 heavy (non-hydrogen) atoms. The molecule has 2 aromatic rings. The molecule has 3 heteroatoms. The van der Waals surface area contributed by atoms with E-state index < -0.39 is 0 Å². The molecule has 2 rings (SSSR count). The Hall–Kier alpha value is -1.19. The van der Waals surface area contributed by atoms with E-state index in [2.05, 4.69) is 59.4 Å². The summed E-state index contributed by atoms with van der Waals surface area (Å²) in [5.74, 6) is -0.212. The van der Waals surface area contributed by atoms with Gasteiger partial charge < -0.3 is 5.32 Å². The van der Waals surface area contributed by atoms with Crippen molar-refractivity contribution in [1.29, 1.82) is 0 Å². The molecular formula is C17H19BrFN. The lowest BCUT2D eigenvalue weighted by Crippen LogP contribution is -2.23. The summed E-state index contributed by atoms with van der Waals surface area (Å²) in [6, 6.07) is 13.6. The van der Waals surface area contributed by atoms with Gasteiger partial charge in [0.25, 0.3) is 0 Å². The predicted octanol–water partition coefficient (Wildman–Crippen LogP) is 4.79. The quantitative estimate of drug-likeness (QED) is 0.828. The molecule has 0 saturated heterocycles. The number of hydrogen-bond acceptors (Lipinski definition) is 1. The van der Waals surface area contributed by atoms with E-state index in [1.54, 1.807) is 0 Å². The molecule has 0 aliphatic carbocycles. The molecule has 106 valence electrons. The Bertz CT molecular complexity index is 583. The van der Waals surface area contributed by atoms with Crippen LogP contribution in [0.25, 0.3) is 0 Å².